The fraction of sp³-hybridized carbons (Fsp3) is 0.160. The molecule has 2 N–H and O–H groups in total. The molecule has 4 rings (SSSR count). The van der Waals surface area contributed by atoms with Crippen LogP contribution in [0, 0.1) is 6.92 Å². The van der Waals surface area contributed by atoms with Crippen LogP contribution >= 0.6 is 34.5 Å². The van der Waals surface area contributed by atoms with Gasteiger partial charge in [0, 0.05) is 10.4 Å². The van der Waals surface area contributed by atoms with Gasteiger partial charge < -0.3 is 15.4 Å². The first-order chi connectivity index (χ1) is 17.8. The van der Waals surface area contributed by atoms with Gasteiger partial charge in [-0.15, -0.1) is 21.5 Å². The first kappa shape index (κ1) is 26.3. The monoisotopic (exact) mass is 557 g/mol. The molecule has 2 aromatic heterocycles. The summed E-state index contributed by atoms with van der Waals surface area (Å²) in [7, 11) is 1.30. The fourth-order valence-corrected chi connectivity index (χ4v) is 5.14. The zero-order chi connectivity index (χ0) is 26.5. The van der Waals surface area contributed by atoms with Crippen LogP contribution in [-0.2, 0) is 22.5 Å². The number of nitrogens with one attached hydrogen (secondary N) is 2. The van der Waals surface area contributed by atoms with E-state index in [4.69, 9.17) is 27.9 Å². The van der Waals surface area contributed by atoms with Crippen LogP contribution in [0.2, 0.25) is 10.0 Å². The number of anilines is 1. The molecular formula is C25H21Cl2N5O4S. The molecule has 0 unspecified atom stereocenters. The van der Waals surface area contributed by atoms with Crippen LogP contribution in [0.1, 0.15) is 32.4 Å². The Balaban J connectivity index is 1.66. The Hall–Kier alpha value is -3.73. The molecule has 0 saturated heterocycles. The maximum Gasteiger partial charge on any atom is 0.319 e. The summed E-state index contributed by atoms with van der Waals surface area (Å²) in [5.41, 5.74) is 1.09. The molecule has 0 spiro atoms. The summed E-state index contributed by atoms with van der Waals surface area (Å²) in [4.78, 5) is 38.6. The first-order valence-corrected chi connectivity index (χ1v) is 12.5. The second-order valence-electron chi connectivity index (χ2n) is 7.78. The predicted octanol–water partition coefficient (Wildman–Crippen LogP) is 5.21. The number of halogens is 2. The highest BCUT2D eigenvalue weighted by Crippen LogP contribution is 2.32. The Morgan fingerprint density at radius 2 is 1.70 bits per heavy atom. The third kappa shape index (κ3) is 5.99. The van der Waals surface area contributed by atoms with E-state index in [0.29, 0.717) is 48.4 Å². The van der Waals surface area contributed by atoms with Gasteiger partial charge in [-0.1, -0.05) is 47.5 Å². The van der Waals surface area contributed by atoms with E-state index in [-0.39, 0.29) is 18.7 Å². The lowest BCUT2D eigenvalue weighted by Crippen LogP contribution is -2.29. The number of benzene rings is 2. The van der Waals surface area contributed by atoms with E-state index < -0.39 is 12.0 Å². The van der Waals surface area contributed by atoms with Gasteiger partial charge in [0.25, 0.3) is 0 Å². The molecule has 0 aliphatic rings. The first-order valence-electron chi connectivity index (χ1n) is 11.0. The average molecular weight is 558 g/mol. The number of aromatic nitrogens is 3. The van der Waals surface area contributed by atoms with Crippen molar-refractivity contribution in [3.63, 3.8) is 0 Å². The number of para-hydroxylation sites is 1. The van der Waals surface area contributed by atoms with Gasteiger partial charge in [-0.2, -0.15) is 0 Å². The number of hydrogen-bond donors (Lipinski definition) is 2. The van der Waals surface area contributed by atoms with E-state index in [1.165, 1.54) is 18.4 Å². The van der Waals surface area contributed by atoms with Crippen molar-refractivity contribution in [2.75, 3.05) is 12.4 Å². The molecule has 12 heteroatoms. The van der Waals surface area contributed by atoms with Crippen molar-refractivity contribution in [2.24, 2.45) is 0 Å². The molecule has 0 fully saturated rings. The lowest BCUT2D eigenvalue weighted by Gasteiger charge is -2.11. The van der Waals surface area contributed by atoms with Crippen molar-refractivity contribution in [3.8, 4) is 5.00 Å². The van der Waals surface area contributed by atoms with Gasteiger partial charge in [-0.25, -0.2) is 4.79 Å². The van der Waals surface area contributed by atoms with Crippen LogP contribution < -0.4 is 10.6 Å². The van der Waals surface area contributed by atoms with Gasteiger partial charge >= 0.3 is 12.0 Å². The molecule has 2 amide bonds. The molecule has 9 nitrogen and oxygen atoms in total. The lowest BCUT2D eigenvalue weighted by atomic mass is 10.0. The van der Waals surface area contributed by atoms with Crippen molar-refractivity contribution in [1.82, 2.24) is 20.1 Å². The molecule has 2 heterocycles. The van der Waals surface area contributed by atoms with Crippen molar-refractivity contribution in [3.05, 3.63) is 92.3 Å². The summed E-state index contributed by atoms with van der Waals surface area (Å²) < 4.78 is 6.47. The van der Waals surface area contributed by atoms with Crippen molar-refractivity contribution in [2.45, 2.75) is 19.9 Å². The SMILES string of the molecule is COC(=O)Cc1cc(C(=O)c2ccccc2Cl)c(-n2c(C)nnc2CNC(=O)Nc2ccccc2Cl)s1. The number of thiophene rings is 1. The minimum absolute atomic E-state index is 0.00108. The average Bonchev–Trinajstić information content (AvgIpc) is 3.46. The van der Waals surface area contributed by atoms with Crippen LogP contribution in [0.25, 0.3) is 5.00 Å². The minimum Gasteiger partial charge on any atom is -0.469 e. The smallest absolute Gasteiger partial charge is 0.319 e. The minimum atomic E-state index is -0.495. The molecule has 37 heavy (non-hydrogen) atoms. The molecule has 190 valence electrons. The number of methoxy groups -OCH3 is 1. The quantitative estimate of drug-likeness (QED) is 0.227. The summed E-state index contributed by atoms with van der Waals surface area (Å²) in [5.74, 6) is 0.106. The standard InChI is InChI=1S/C25H21Cl2N5O4S/c1-14-30-31-21(13-28-25(35)29-20-10-6-5-9-19(20)27)32(14)24-17(11-15(37-24)12-22(33)36-2)23(34)16-7-3-4-8-18(16)26/h3-11H,12-13H2,1-2H3,(H2,28,29,35). The molecule has 0 radical (unpaired) electrons. The van der Waals surface area contributed by atoms with Crippen LogP contribution in [0.15, 0.2) is 54.6 Å². The molecule has 0 atom stereocenters. The third-order valence-corrected chi connectivity index (χ3v) is 7.08. The molecule has 0 bridgehead atoms. The Kier molecular flexibility index (Phi) is 8.22. The highest BCUT2D eigenvalue weighted by atomic mass is 35.5. The number of ketones is 1. The van der Waals surface area contributed by atoms with E-state index in [1.54, 1.807) is 66.1 Å². The number of aryl methyl sites for hydroxylation is 1. The van der Waals surface area contributed by atoms with Crippen molar-refractivity contribution >= 4 is 58.0 Å². The Bertz CT molecular complexity index is 1480. The van der Waals surface area contributed by atoms with Gasteiger partial charge in [0.2, 0.25) is 0 Å². The normalized spacial score (nSPS) is 10.7. The summed E-state index contributed by atoms with van der Waals surface area (Å²) in [5, 5.41) is 14.9. The summed E-state index contributed by atoms with van der Waals surface area (Å²) in [6.45, 7) is 1.73. The van der Waals surface area contributed by atoms with Gasteiger partial charge in [-0.05, 0) is 37.3 Å². The number of urea groups is 1. The predicted molar refractivity (Wildman–Crippen MR) is 142 cm³/mol. The maximum atomic E-state index is 13.5. The summed E-state index contributed by atoms with van der Waals surface area (Å²) >= 11 is 13.6. The highest BCUT2D eigenvalue weighted by Gasteiger charge is 2.25. The van der Waals surface area contributed by atoms with Crippen LogP contribution in [0.4, 0.5) is 10.5 Å². The van der Waals surface area contributed by atoms with Gasteiger partial charge in [0.15, 0.2) is 11.6 Å². The Morgan fingerprint density at radius 1 is 1.00 bits per heavy atom. The van der Waals surface area contributed by atoms with Crippen molar-refractivity contribution < 1.29 is 19.1 Å². The van der Waals surface area contributed by atoms with Crippen molar-refractivity contribution in [1.29, 1.82) is 0 Å². The number of amides is 2. The van der Waals surface area contributed by atoms with Crippen LogP contribution in [-0.4, -0.2) is 39.7 Å². The second-order valence-corrected chi connectivity index (χ2v) is 9.71. The molecule has 0 aliphatic heterocycles. The molecule has 0 saturated carbocycles. The number of rotatable bonds is 8. The van der Waals surface area contributed by atoms with E-state index in [0.717, 1.165) is 0 Å². The van der Waals surface area contributed by atoms with Crippen LogP contribution in [0.3, 0.4) is 0 Å². The second kappa shape index (κ2) is 11.5. The lowest BCUT2D eigenvalue weighted by molar-refractivity contribution is -0.139. The van der Waals surface area contributed by atoms with E-state index in [9.17, 15) is 14.4 Å². The van der Waals surface area contributed by atoms with Crippen LogP contribution in [0.5, 0.6) is 0 Å². The van der Waals surface area contributed by atoms with Gasteiger partial charge in [0.1, 0.15) is 10.8 Å². The summed E-state index contributed by atoms with van der Waals surface area (Å²) in [6, 6.07) is 14.7. The topological polar surface area (TPSA) is 115 Å². The van der Waals surface area contributed by atoms with Gasteiger partial charge in [0.05, 0.1) is 41.4 Å². The highest BCUT2D eigenvalue weighted by molar-refractivity contribution is 7.15. The zero-order valence-electron chi connectivity index (χ0n) is 19.7. The van der Waals surface area contributed by atoms with Gasteiger partial charge in [-0.3, -0.25) is 14.2 Å². The van der Waals surface area contributed by atoms with E-state index in [1.807, 2.05) is 0 Å². The number of hydrogen-bond acceptors (Lipinski definition) is 7. The third-order valence-electron chi connectivity index (χ3n) is 5.30. The van der Waals surface area contributed by atoms with E-state index in [2.05, 4.69) is 20.8 Å². The number of ether oxygens (including phenoxy) is 1. The fourth-order valence-electron chi connectivity index (χ4n) is 3.53. The maximum absolute atomic E-state index is 13.5. The molecular weight excluding hydrogens is 537 g/mol. The summed E-state index contributed by atoms with van der Waals surface area (Å²) in [6.07, 6.45) is -0.0149. The zero-order valence-corrected chi connectivity index (χ0v) is 22.1. The number of carbonyl (C=O) groups excluding carboxylic acids is 3. The largest absolute Gasteiger partial charge is 0.469 e. The molecule has 0 aliphatic carbocycles. The number of carbonyl (C=O) groups is 3. The Labute approximate surface area is 226 Å². The number of nitrogens with zero attached hydrogens (tertiary/aromatic N) is 3. The van der Waals surface area contributed by atoms with E-state index >= 15 is 0 Å². The molecule has 2 aromatic carbocycles. The Morgan fingerprint density at radius 3 is 2.41 bits per heavy atom. The number of esters is 1. The molecule has 4 aromatic rings.